The van der Waals surface area contributed by atoms with Crippen LogP contribution in [0.3, 0.4) is 0 Å². The molecule has 2 unspecified atom stereocenters. The van der Waals surface area contributed by atoms with Crippen LogP contribution in [-0.4, -0.2) is 25.2 Å². The molecule has 100 valence electrons. The summed E-state index contributed by atoms with van der Waals surface area (Å²) in [6.07, 6.45) is 6.00. The lowest BCUT2D eigenvalue weighted by Gasteiger charge is -2.26. The molecule has 0 aromatic heterocycles. The van der Waals surface area contributed by atoms with E-state index in [4.69, 9.17) is 9.47 Å². The molecule has 0 radical (unpaired) electrons. The molecule has 0 N–H and O–H groups in total. The average molecular weight is 252 g/mol. The first-order valence-electron chi connectivity index (χ1n) is 6.24. The molecule has 1 saturated carbocycles. The van der Waals surface area contributed by atoms with Crippen molar-refractivity contribution in [3.8, 4) is 0 Å². The van der Waals surface area contributed by atoms with Crippen LogP contribution in [0.1, 0.15) is 25.7 Å². The summed E-state index contributed by atoms with van der Waals surface area (Å²) in [6.45, 7) is 7.43. The maximum absolute atomic E-state index is 11.7. The normalized spacial score (nSPS) is 22.9. The lowest BCUT2D eigenvalue weighted by molar-refractivity contribution is -0.153. The van der Waals surface area contributed by atoms with Gasteiger partial charge in [-0.25, -0.2) is 0 Å². The van der Waals surface area contributed by atoms with Crippen molar-refractivity contribution in [2.75, 3.05) is 13.2 Å². The molecule has 0 aliphatic heterocycles. The van der Waals surface area contributed by atoms with Gasteiger partial charge in [-0.2, -0.15) is 0 Å². The molecule has 1 rings (SSSR count). The number of esters is 2. The first-order chi connectivity index (χ1) is 8.69. The summed E-state index contributed by atoms with van der Waals surface area (Å²) in [5.74, 6) is -0.868. The number of rotatable bonds is 6. The fourth-order valence-electron chi connectivity index (χ4n) is 2.14. The largest absolute Gasteiger partial charge is 0.461 e. The predicted octanol–water partition coefficient (Wildman–Crippen LogP) is 2.25. The van der Waals surface area contributed by atoms with Gasteiger partial charge in [0.25, 0.3) is 0 Å². The minimum Gasteiger partial charge on any atom is -0.461 e. The molecule has 4 nitrogen and oxygen atoms in total. The van der Waals surface area contributed by atoms with Crippen molar-refractivity contribution in [2.45, 2.75) is 25.7 Å². The second kappa shape index (κ2) is 7.69. The van der Waals surface area contributed by atoms with Crippen molar-refractivity contribution in [1.29, 1.82) is 0 Å². The van der Waals surface area contributed by atoms with Gasteiger partial charge in [0, 0.05) is 0 Å². The second-order valence-electron chi connectivity index (χ2n) is 4.40. The molecule has 0 heterocycles. The van der Waals surface area contributed by atoms with Crippen LogP contribution in [0, 0.1) is 11.8 Å². The Morgan fingerprint density at radius 3 is 1.83 bits per heavy atom. The summed E-state index contributed by atoms with van der Waals surface area (Å²) in [5, 5.41) is 0. The molecular weight excluding hydrogens is 232 g/mol. The molecular formula is C14H20O4. The van der Waals surface area contributed by atoms with Gasteiger partial charge in [0.2, 0.25) is 0 Å². The van der Waals surface area contributed by atoms with Gasteiger partial charge >= 0.3 is 11.9 Å². The number of hydrogen-bond acceptors (Lipinski definition) is 4. The zero-order valence-corrected chi connectivity index (χ0v) is 10.6. The zero-order valence-electron chi connectivity index (χ0n) is 10.6. The smallest absolute Gasteiger partial charge is 0.309 e. The van der Waals surface area contributed by atoms with Gasteiger partial charge in [-0.15, -0.1) is 0 Å². The van der Waals surface area contributed by atoms with Crippen molar-refractivity contribution in [2.24, 2.45) is 11.8 Å². The highest BCUT2D eigenvalue weighted by molar-refractivity contribution is 5.76. The van der Waals surface area contributed by atoms with E-state index >= 15 is 0 Å². The molecule has 0 aromatic carbocycles. The predicted molar refractivity (Wildman–Crippen MR) is 67.8 cm³/mol. The SMILES string of the molecule is C=CCOC(=O)C1CCCC(C(=O)OCC=C)C1. The van der Waals surface area contributed by atoms with Gasteiger partial charge in [-0.05, 0) is 19.3 Å². The molecule has 1 aliphatic rings. The van der Waals surface area contributed by atoms with Crippen LogP contribution < -0.4 is 0 Å². The lowest BCUT2D eigenvalue weighted by atomic mass is 9.81. The van der Waals surface area contributed by atoms with Gasteiger partial charge in [0.05, 0.1) is 11.8 Å². The number of hydrogen-bond donors (Lipinski definition) is 0. The molecule has 18 heavy (non-hydrogen) atoms. The highest BCUT2D eigenvalue weighted by atomic mass is 16.5. The Morgan fingerprint density at radius 2 is 1.44 bits per heavy atom. The maximum atomic E-state index is 11.7. The number of ether oxygens (including phenoxy) is 2. The molecule has 0 aromatic rings. The summed E-state index contributed by atoms with van der Waals surface area (Å²) >= 11 is 0. The summed E-state index contributed by atoms with van der Waals surface area (Å²) in [7, 11) is 0. The number of carbonyl (C=O) groups excluding carboxylic acids is 2. The molecule has 0 spiro atoms. The maximum Gasteiger partial charge on any atom is 0.309 e. The van der Waals surface area contributed by atoms with E-state index in [1.54, 1.807) is 0 Å². The van der Waals surface area contributed by atoms with Crippen LogP contribution in [0.5, 0.6) is 0 Å². The van der Waals surface area contributed by atoms with Crippen LogP contribution in [-0.2, 0) is 19.1 Å². The van der Waals surface area contributed by atoms with E-state index in [0.29, 0.717) is 6.42 Å². The van der Waals surface area contributed by atoms with Crippen molar-refractivity contribution >= 4 is 11.9 Å². The first-order valence-corrected chi connectivity index (χ1v) is 6.24. The Balaban J connectivity index is 2.44. The van der Waals surface area contributed by atoms with Gasteiger partial charge in [0.15, 0.2) is 0 Å². The molecule has 1 aliphatic carbocycles. The Labute approximate surface area is 108 Å². The second-order valence-corrected chi connectivity index (χ2v) is 4.40. The Hall–Kier alpha value is -1.58. The Kier molecular flexibility index (Phi) is 6.19. The van der Waals surface area contributed by atoms with Crippen molar-refractivity contribution in [1.82, 2.24) is 0 Å². The monoisotopic (exact) mass is 252 g/mol. The highest BCUT2D eigenvalue weighted by Gasteiger charge is 2.32. The van der Waals surface area contributed by atoms with Crippen LogP contribution in [0.25, 0.3) is 0 Å². The minimum atomic E-state index is -0.240. The van der Waals surface area contributed by atoms with Gasteiger partial charge in [-0.1, -0.05) is 31.7 Å². The number of carbonyl (C=O) groups is 2. The third-order valence-electron chi connectivity index (χ3n) is 3.03. The van der Waals surface area contributed by atoms with E-state index in [1.165, 1.54) is 12.2 Å². The quantitative estimate of drug-likeness (QED) is 0.537. The zero-order chi connectivity index (χ0) is 13.4. The molecule has 0 amide bonds. The van der Waals surface area contributed by atoms with E-state index < -0.39 is 0 Å². The fourth-order valence-corrected chi connectivity index (χ4v) is 2.14. The Morgan fingerprint density at radius 1 is 1.00 bits per heavy atom. The molecule has 1 fully saturated rings. The third kappa shape index (κ3) is 4.35. The van der Waals surface area contributed by atoms with E-state index in [2.05, 4.69) is 13.2 Å². The van der Waals surface area contributed by atoms with E-state index in [9.17, 15) is 9.59 Å². The molecule has 0 bridgehead atoms. The minimum absolute atomic E-state index is 0.194. The highest BCUT2D eigenvalue weighted by Crippen LogP contribution is 2.30. The molecule has 0 saturated heterocycles. The standard InChI is InChI=1S/C14H20O4/c1-3-8-17-13(15)11-6-5-7-12(10-11)14(16)18-9-4-2/h3-4,11-12H,1-2,5-10H2. The fraction of sp³-hybridized carbons (Fsp3) is 0.571. The summed E-state index contributed by atoms with van der Waals surface area (Å²) in [6, 6.07) is 0. The average Bonchev–Trinajstić information content (AvgIpc) is 2.42. The van der Waals surface area contributed by atoms with Crippen molar-refractivity contribution in [3.63, 3.8) is 0 Å². The molecule has 4 heteroatoms. The van der Waals surface area contributed by atoms with E-state index in [-0.39, 0.29) is 37.0 Å². The van der Waals surface area contributed by atoms with Crippen LogP contribution >= 0.6 is 0 Å². The molecule has 2 atom stereocenters. The van der Waals surface area contributed by atoms with Crippen molar-refractivity contribution < 1.29 is 19.1 Å². The van der Waals surface area contributed by atoms with Crippen molar-refractivity contribution in [3.05, 3.63) is 25.3 Å². The summed E-state index contributed by atoms with van der Waals surface area (Å²) < 4.78 is 10.0. The summed E-state index contributed by atoms with van der Waals surface area (Å²) in [5.41, 5.74) is 0. The van der Waals surface area contributed by atoms with Crippen LogP contribution in [0.4, 0.5) is 0 Å². The van der Waals surface area contributed by atoms with E-state index in [0.717, 1.165) is 19.3 Å². The van der Waals surface area contributed by atoms with Gasteiger partial charge < -0.3 is 9.47 Å². The first kappa shape index (κ1) is 14.5. The van der Waals surface area contributed by atoms with E-state index in [1.807, 2.05) is 0 Å². The summed E-state index contributed by atoms with van der Waals surface area (Å²) in [4.78, 5) is 23.4. The van der Waals surface area contributed by atoms with Gasteiger partial charge in [0.1, 0.15) is 13.2 Å². The van der Waals surface area contributed by atoms with Crippen LogP contribution in [0.15, 0.2) is 25.3 Å². The topological polar surface area (TPSA) is 52.6 Å². The third-order valence-corrected chi connectivity index (χ3v) is 3.03. The van der Waals surface area contributed by atoms with Gasteiger partial charge in [-0.3, -0.25) is 9.59 Å². The van der Waals surface area contributed by atoms with Crippen LogP contribution in [0.2, 0.25) is 0 Å². The Bertz CT molecular complexity index is 292. The lowest BCUT2D eigenvalue weighted by Crippen LogP contribution is -2.29.